The molecule has 122 valence electrons. The molecule has 5 heteroatoms. The zero-order chi connectivity index (χ0) is 15.1. The molecule has 1 fully saturated rings. The van der Waals surface area contributed by atoms with Crippen molar-refractivity contribution in [1.29, 1.82) is 0 Å². The van der Waals surface area contributed by atoms with Gasteiger partial charge in [0.1, 0.15) is 0 Å². The standard InChI is InChI=1S/C16H21ClI4/c1-21(16-8-10-19-16)20-11-7-14(6-9-18)12-13-2-4-15(17)5-3-13/h2-5,14H,1,6-12H2/q-2. The predicted octanol–water partition coefficient (Wildman–Crippen LogP) is -0.721. The van der Waals surface area contributed by atoms with E-state index < -0.39 is 14.9 Å². The summed E-state index contributed by atoms with van der Waals surface area (Å²) in [7, 11) is 0. The maximum atomic E-state index is 5.98. The minimum atomic E-state index is -0.747. The van der Waals surface area contributed by atoms with Gasteiger partial charge >= 0.3 is 173 Å². The molecule has 21 heavy (non-hydrogen) atoms. The molecule has 1 aliphatic heterocycles. The summed E-state index contributed by atoms with van der Waals surface area (Å²) < 4.78 is 11.0. The summed E-state index contributed by atoms with van der Waals surface area (Å²) >= 11 is 8.75. The molecule has 1 unspecified atom stereocenters. The van der Waals surface area contributed by atoms with Crippen LogP contribution in [0, 0.1) is 5.92 Å². The first-order chi connectivity index (χ1) is 10.2. The predicted molar refractivity (Wildman–Crippen MR) is 107 cm³/mol. The number of rotatable bonds is 8. The molecule has 1 aliphatic rings. The number of halogens is 5. The Labute approximate surface area is 170 Å². The van der Waals surface area contributed by atoms with E-state index in [4.69, 9.17) is 11.6 Å². The quantitative estimate of drug-likeness (QED) is 0.243. The third-order valence-electron chi connectivity index (χ3n) is 3.41. The monoisotopic (exact) mass is 756 g/mol. The Morgan fingerprint density at radius 3 is 2.62 bits per heavy atom. The zero-order valence-corrected chi connectivity index (χ0v) is 21.3. The van der Waals surface area contributed by atoms with E-state index in [-0.39, 0.29) is 0 Å². The van der Waals surface area contributed by atoms with E-state index in [9.17, 15) is 0 Å². The van der Waals surface area contributed by atoms with Crippen LogP contribution in [0.25, 0.3) is 0 Å². The molecule has 0 amide bonds. The molecule has 0 bridgehead atoms. The van der Waals surface area contributed by atoms with Gasteiger partial charge in [-0.25, -0.2) is 0 Å². The average molecular weight is 756 g/mol. The zero-order valence-electron chi connectivity index (χ0n) is 11.9. The Balaban J connectivity index is 1.81. The van der Waals surface area contributed by atoms with Crippen molar-refractivity contribution in [2.24, 2.45) is 5.92 Å². The fraction of sp³-hybridized carbons (Fsp3) is 0.500. The Bertz CT molecular complexity index is 512. The first kappa shape index (κ1) is 19.5. The number of hydrogen-bond donors (Lipinski definition) is 0. The van der Waals surface area contributed by atoms with Gasteiger partial charge in [0.05, 0.1) is 0 Å². The number of alkyl halides is 3. The molecule has 1 saturated heterocycles. The van der Waals surface area contributed by atoms with Crippen molar-refractivity contribution in [3.05, 3.63) is 34.9 Å². The molecular weight excluding hydrogens is 735 g/mol. The second-order valence-corrected chi connectivity index (χ2v) is 26.9. The van der Waals surface area contributed by atoms with Crippen LogP contribution in [0.1, 0.15) is 24.8 Å². The molecule has 1 atom stereocenters. The Morgan fingerprint density at radius 1 is 1.33 bits per heavy atom. The molecule has 0 nitrogen and oxygen atoms in total. The first-order valence-corrected chi connectivity index (χ1v) is 22.0. The first-order valence-electron chi connectivity index (χ1n) is 7.03. The molecule has 1 aromatic rings. The molecular formula is C16H21ClI4-2. The molecule has 0 N–H and O–H groups in total. The van der Waals surface area contributed by atoms with Crippen molar-refractivity contribution >= 4 is 55.1 Å². The van der Waals surface area contributed by atoms with Gasteiger partial charge in [-0.3, -0.25) is 0 Å². The van der Waals surface area contributed by atoms with E-state index in [0.717, 1.165) is 10.9 Å². The second-order valence-electron chi connectivity index (χ2n) is 4.97. The van der Waals surface area contributed by atoms with Gasteiger partial charge in [-0.05, 0) is 0 Å². The van der Waals surface area contributed by atoms with Crippen LogP contribution in [0.5, 0.6) is 0 Å². The second kappa shape index (κ2) is 10.9. The van der Waals surface area contributed by atoms with Crippen molar-refractivity contribution in [3.8, 4) is 0 Å². The Hall–Kier alpha value is 2.17. The van der Waals surface area contributed by atoms with Gasteiger partial charge in [0.15, 0.2) is 0 Å². The van der Waals surface area contributed by atoms with Crippen molar-refractivity contribution < 1.29 is 38.4 Å². The summed E-state index contributed by atoms with van der Waals surface area (Å²) in [6.45, 7) is 0. The van der Waals surface area contributed by atoms with Crippen molar-refractivity contribution in [1.82, 2.24) is 0 Å². The van der Waals surface area contributed by atoms with Crippen LogP contribution >= 0.6 is 49.1 Å². The van der Waals surface area contributed by atoms with E-state index in [1.165, 1.54) is 40.1 Å². The van der Waals surface area contributed by atoms with Crippen molar-refractivity contribution in [2.45, 2.75) is 25.7 Å². The van der Waals surface area contributed by atoms with Crippen LogP contribution in [0.3, 0.4) is 0 Å². The number of hydrogen-bond acceptors (Lipinski definition) is 0. The van der Waals surface area contributed by atoms with Crippen LogP contribution < -0.4 is 38.4 Å². The summed E-state index contributed by atoms with van der Waals surface area (Å²) in [5.74, 6) is 0.869. The van der Waals surface area contributed by atoms with E-state index in [0.29, 0.717) is 38.4 Å². The maximum absolute atomic E-state index is 5.98. The van der Waals surface area contributed by atoms with E-state index in [1.54, 1.807) is 4.43 Å². The van der Waals surface area contributed by atoms with E-state index in [1.807, 2.05) is 13.6 Å². The van der Waals surface area contributed by atoms with Crippen molar-refractivity contribution in [3.63, 3.8) is 0 Å². The van der Waals surface area contributed by atoms with Gasteiger partial charge < -0.3 is 0 Å². The molecule has 0 saturated carbocycles. The minimum absolute atomic E-state index is 0.453. The van der Waals surface area contributed by atoms with Crippen LogP contribution in [-0.4, -0.2) is 19.3 Å². The molecule has 1 heterocycles. The van der Waals surface area contributed by atoms with Crippen LogP contribution in [0.15, 0.2) is 24.3 Å². The topological polar surface area (TPSA) is 0 Å². The SMILES string of the molecule is C=I(/[I-]CCC(CCI)Cc1ccc(Cl)cc1)=C1\CC[I-]1. The third kappa shape index (κ3) is 7.29. The molecule has 1 aromatic carbocycles. The molecule has 0 radical (unpaired) electrons. The summed E-state index contributed by atoms with van der Waals surface area (Å²) in [6.07, 6.45) is 5.53. The van der Waals surface area contributed by atoms with Crippen LogP contribution in [0.4, 0.5) is 0 Å². The fourth-order valence-corrected chi connectivity index (χ4v) is 29.9. The summed E-state index contributed by atoms with van der Waals surface area (Å²) in [4.78, 5) is 0. The van der Waals surface area contributed by atoms with Crippen LogP contribution in [0.2, 0.25) is 5.02 Å². The van der Waals surface area contributed by atoms with E-state index in [2.05, 4.69) is 39.2 Å². The Morgan fingerprint density at radius 2 is 2.05 bits per heavy atom. The van der Waals surface area contributed by atoms with Gasteiger partial charge in [0.2, 0.25) is 0 Å². The summed E-state index contributed by atoms with van der Waals surface area (Å²) in [5.41, 5.74) is 1.46. The molecule has 2 rings (SSSR count). The van der Waals surface area contributed by atoms with Gasteiger partial charge in [-0.15, -0.1) is 0 Å². The number of benzene rings is 1. The van der Waals surface area contributed by atoms with Crippen molar-refractivity contribution in [2.75, 3.05) is 13.3 Å². The van der Waals surface area contributed by atoms with Gasteiger partial charge in [-0.2, -0.15) is 0 Å². The summed E-state index contributed by atoms with van der Waals surface area (Å²) in [5, 5.41) is 0.850. The van der Waals surface area contributed by atoms with E-state index >= 15 is 0 Å². The van der Waals surface area contributed by atoms with Gasteiger partial charge in [0.25, 0.3) is 0 Å². The third-order valence-corrected chi connectivity index (χ3v) is 31.4. The van der Waals surface area contributed by atoms with Crippen LogP contribution in [-0.2, 0) is 6.42 Å². The fourth-order valence-electron chi connectivity index (χ4n) is 2.12. The molecule has 0 aliphatic carbocycles. The van der Waals surface area contributed by atoms with Gasteiger partial charge in [0, 0.05) is 0 Å². The average Bonchev–Trinajstić information content (AvgIpc) is 2.39. The molecule has 0 aromatic heterocycles. The Kier molecular flexibility index (Phi) is 10.1. The summed E-state index contributed by atoms with van der Waals surface area (Å²) in [6, 6.07) is 8.46. The van der Waals surface area contributed by atoms with Gasteiger partial charge in [-0.1, -0.05) is 0 Å². The molecule has 0 spiro atoms. The normalized spacial score (nSPS) is 19.6.